The number of hydrogen-bond acceptors (Lipinski definition) is 5. The van der Waals surface area contributed by atoms with E-state index in [1.165, 1.54) is 11.4 Å². The smallest absolute Gasteiger partial charge is 0.216 e. The summed E-state index contributed by atoms with van der Waals surface area (Å²) in [5.74, 6) is -0.399. The summed E-state index contributed by atoms with van der Waals surface area (Å²) in [6.07, 6.45) is 0. The highest BCUT2D eigenvalue weighted by Crippen LogP contribution is 2.04. The minimum absolute atomic E-state index is 0.0110. The minimum atomic E-state index is -3.35. The van der Waals surface area contributed by atoms with Gasteiger partial charge in [0.2, 0.25) is 10.0 Å². The van der Waals surface area contributed by atoms with Crippen molar-refractivity contribution in [1.29, 1.82) is 0 Å². The highest BCUT2D eigenvalue weighted by Gasteiger charge is 2.21. The van der Waals surface area contributed by atoms with Gasteiger partial charge in [0, 0.05) is 26.1 Å². The van der Waals surface area contributed by atoms with Crippen molar-refractivity contribution in [2.75, 3.05) is 32.6 Å². The molecule has 7 nitrogen and oxygen atoms in total. The molecule has 0 aliphatic rings. The summed E-state index contributed by atoms with van der Waals surface area (Å²) >= 11 is 0. The van der Waals surface area contributed by atoms with E-state index in [0.29, 0.717) is 6.61 Å². The molecule has 102 valence electrons. The summed E-state index contributed by atoms with van der Waals surface area (Å²) in [5.41, 5.74) is 5.38. The summed E-state index contributed by atoms with van der Waals surface area (Å²) in [7, 11) is -1.89. The van der Waals surface area contributed by atoms with Crippen LogP contribution in [0.25, 0.3) is 0 Å². The molecule has 0 bridgehead atoms. The van der Waals surface area contributed by atoms with Crippen LogP contribution in [0.4, 0.5) is 0 Å². The lowest BCUT2D eigenvalue weighted by atomic mass is 10.2. The molecule has 0 saturated heterocycles. The zero-order valence-electron chi connectivity index (χ0n) is 10.5. The van der Waals surface area contributed by atoms with Crippen LogP contribution in [0.3, 0.4) is 0 Å². The maximum absolute atomic E-state index is 11.8. The fourth-order valence-electron chi connectivity index (χ4n) is 1.16. The van der Waals surface area contributed by atoms with Gasteiger partial charge < -0.3 is 15.7 Å². The van der Waals surface area contributed by atoms with Gasteiger partial charge in [0.1, 0.15) is 5.84 Å². The van der Waals surface area contributed by atoms with Gasteiger partial charge in [-0.1, -0.05) is 12.1 Å². The van der Waals surface area contributed by atoms with Gasteiger partial charge in [-0.25, -0.2) is 12.7 Å². The first-order valence-electron chi connectivity index (χ1n) is 5.34. The maximum Gasteiger partial charge on any atom is 0.216 e. The Bertz CT molecular complexity index is 342. The first-order chi connectivity index (χ1) is 7.85. The summed E-state index contributed by atoms with van der Waals surface area (Å²) in [6.45, 7) is 4.31. The monoisotopic (exact) mass is 267 g/mol. The van der Waals surface area contributed by atoms with E-state index in [-0.39, 0.29) is 30.7 Å². The van der Waals surface area contributed by atoms with Crippen LogP contribution in [-0.2, 0) is 14.8 Å². The molecule has 0 rings (SSSR count). The number of oxime groups is 1. The van der Waals surface area contributed by atoms with E-state index in [4.69, 9.17) is 15.7 Å². The zero-order valence-corrected chi connectivity index (χ0v) is 11.3. The van der Waals surface area contributed by atoms with Crippen LogP contribution >= 0.6 is 0 Å². The third-order valence-electron chi connectivity index (χ3n) is 2.32. The molecule has 1 unspecified atom stereocenters. The molecule has 0 aromatic heterocycles. The molecule has 0 heterocycles. The molecule has 0 saturated carbocycles. The average molecular weight is 267 g/mol. The van der Waals surface area contributed by atoms with Crippen molar-refractivity contribution in [3.8, 4) is 0 Å². The Kier molecular flexibility index (Phi) is 7.09. The van der Waals surface area contributed by atoms with Crippen molar-refractivity contribution in [3.05, 3.63) is 0 Å². The van der Waals surface area contributed by atoms with Gasteiger partial charge in [0.05, 0.1) is 12.4 Å². The second kappa shape index (κ2) is 7.46. The quantitative estimate of drug-likeness (QED) is 0.206. The predicted molar refractivity (Wildman–Crippen MR) is 65.5 cm³/mol. The Morgan fingerprint density at radius 3 is 2.65 bits per heavy atom. The molecule has 8 heteroatoms. The van der Waals surface area contributed by atoms with Gasteiger partial charge in [0.15, 0.2) is 0 Å². The van der Waals surface area contributed by atoms with E-state index in [0.717, 1.165) is 0 Å². The number of hydrogen-bond donors (Lipinski definition) is 2. The normalized spacial score (nSPS) is 15.2. The number of nitrogens with two attached hydrogens (primary N) is 1. The second-order valence-corrected chi connectivity index (χ2v) is 5.91. The molecule has 1 atom stereocenters. The van der Waals surface area contributed by atoms with Gasteiger partial charge in [-0.05, 0) is 6.92 Å². The van der Waals surface area contributed by atoms with Crippen LogP contribution in [0, 0.1) is 5.92 Å². The zero-order chi connectivity index (χ0) is 13.5. The van der Waals surface area contributed by atoms with Crippen LogP contribution in [-0.4, -0.2) is 56.3 Å². The lowest BCUT2D eigenvalue weighted by Gasteiger charge is -2.20. The summed E-state index contributed by atoms with van der Waals surface area (Å²) < 4.78 is 29.7. The lowest BCUT2D eigenvalue weighted by Crippen LogP contribution is -2.38. The molecule has 0 radical (unpaired) electrons. The van der Waals surface area contributed by atoms with Gasteiger partial charge in [0.25, 0.3) is 0 Å². The van der Waals surface area contributed by atoms with Crippen LogP contribution in [0.5, 0.6) is 0 Å². The van der Waals surface area contributed by atoms with E-state index >= 15 is 0 Å². The van der Waals surface area contributed by atoms with E-state index < -0.39 is 10.0 Å². The Morgan fingerprint density at radius 1 is 1.59 bits per heavy atom. The summed E-state index contributed by atoms with van der Waals surface area (Å²) in [5, 5.41) is 11.3. The Labute approximate surface area is 102 Å². The minimum Gasteiger partial charge on any atom is -0.409 e. The maximum atomic E-state index is 11.8. The van der Waals surface area contributed by atoms with E-state index in [1.54, 1.807) is 13.8 Å². The summed E-state index contributed by atoms with van der Waals surface area (Å²) in [4.78, 5) is 0. The first-order valence-corrected chi connectivity index (χ1v) is 6.95. The predicted octanol–water partition coefficient (Wildman–Crippen LogP) is -0.333. The number of amidine groups is 1. The molecule has 0 aliphatic carbocycles. The molecule has 17 heavy (non-hydrogen) atoms. The van der Waals surface area contributed by atoms with Crippen LogP contribution in [0.1, 0.15) is 13.8 Å². The molecule has 0 fully saturated rings. The third kappa shape index (κ3) is 5.85. The molecule has 3 N–H and O–H groups in total. The molecule has 0 aromatic carbocycles. The highest BCUT2D eigenvalue weighted by atomic mass is 32.2. The highest BCUT2D eigenvalue weighted by molar-refractivity contribution is 7.89. The van der Waals surface area contributed by atoms with Crippen molar-refractivity contribution in [1.82, 2.24) is 4.31 Å². The fraction of sp³-hybridized carbons (Fsp3) is 0.889. The van der Waals surface area contributed by atoms with E-state index in [9.17, 15) is 8.42 Å². The number of rotatable bonds is 8. The van der Waals surface area contributed by atoms with Crippen LogP contribution < -0.4 is 5.73 Å². The van der Waals surface area contributed by atoms with E-state index in [1.807, 2.05) is 0 Å². The lowest BCUT2D eigenvalue weighted by molar-refractivity contribution is 0.162. The van der Waals surface area contributed by atoms with Gasteiger partial charge in [-0.2, -0.15) is 0 Å². The third-order valence-corrected chi connectivity index (χ3v) is 4.10. The van der Waals surface area contributed by atoms with Crippen molar-refractivity contribution in [2.24, 2.45) is 16.8 Å². The molecular weight excluding hydrogens is 246 g/mol. The number of ether oxygens (including phenoxy) is 1. The Balaban J connectivity index is 4.34. The van der Waals surface area contributed by atoms with E-state index in [2.05, 4.69) is 5.16 Å². The van der Waals surface area contributed by atoms with Crippen molar-refractivity contribution >= 4 is 15.9 Å². The first kappa shape index (κ1) is 16.1. The Hall–Kier alpha value is -0.860. The van der Waals surface area contributed by atoms with Crippen LogP contribution in [0.2, 0.25) is 0 Å². The SMILES string of the molecule is CCOCCS(=O)(=O)N(C)CC(C)C(N)=NO. The second-order valence-electron chi connectivity index (χ2n) is 3.72. The van der Waals surface area contributed by atoms with Gasteiger partial charge >= 0.3 is 0 Å². The van der Waals surface area contributed by atoms with Gasteiger partial charge in [-0.3, -0.25) is 0 Å². The largest absolute Gasteiger partial charge is 0.409 e. The molecule has 0 aliphatic heterocycles. The fourth-order valence-corrected chi connectivity index (χ4v) is 2.25. The molecular formula is C9H21N3O4S. The van der Waals surface area contributed by atoms with Crippen molar-refractivity contribution < 1.29 is 18.4 Å². The molecule has 0 spiro atoms. The van der Waals surface area contributed by atoms with Crippen molar-refractivity contribution in [3.63, 3.8) is 0 Å². The average Bonchev–Trinajstić information content (AvgIpc) is 2.27. The molecule has 0 amide bonds. The molecule has 0 aromatic rings. The standard InChI is InChI=1S/C9H21N3O4S/c1-4-16-5-6-17(14,15)12(3)7-8(2)9(10)11-13/h8,13H,4-7H2,1-3H3,(H2,10,11). The Morgan fingerprint density at radius 2 is 2.18 bits per heavy atom. The number of sulfonamides is 1. The van der Waals surface area contributed by atoms with Gasteiger partial charge in [-0.15, -0.1) is 0 Å². The van der Waals surface area contributed by atoms with Crippen molar-refractivity contribution in [2.45, 2.75) is 13.8 Å². The topological polar surface area (TPSA) is 105 Å². The number of nitrogens with zero attached hydrogens (tertiary/aromatic N) is 2. The van der Waals surface area contributed by atoms with Crippen LogP contribution in [0.15, 0.2) is 5.16 Å². The summed E-state index contributed by atoms with van der Waals surface area (Å²) in [6, 6.07) is 0.